The summed E-state index contributed by atoms with van der Waals surface area (Å²) in [4.78, 5) is 31.7. The van der Waals surface area contributed by atoms with E-state index in [2.05, 4.69) is 15.3 Å². The highest BCUT2D eigenvalue weighted by Gasteiger charge is 2.26. The molecule has 0 spiro atoms. The highest BCUT2D eigenvalue weighted by atomic mass is 16.2. The molecule has 0 saturated heterocycles. The first-order valence-corrected chi connectivity index (χ1v) is 6.19. The number of rotatable bonds is 5. The van der Waals surface area contributed by atoms with Gasteiger partial charge < -0.3 is 15.2 Å². The second kappa shape index (κ2) is 5.20. The van der Waals surface area contributed by atoms with Gasteiger partial charge >= 0.3 is 0 Å². The third-order valence-corrected chi connectivity index (χ3v) is 3.04. The van der Waals surface area contributed by atoms with Crippen LogP contribution in [0.15, 0.2) is 10.9 Å². The van der Waals surface area contributed by atoms with Crippen molar-refractivity contribution in [2.45, 2.75) is 25.7 Å². The van der Waals surface area contributed by atoms with Crippen molar-refractivity contribution >= 4 is 11.7 Å². The lowest BCUT2D eigenvalue weighted by Crippen LogP contribution is -2.32. The van der Waals surface area contributed by atoms with Crippen LogP contribution in [0.2, 0.25) is 0 Å². The lowest BCUT2D eigenvalue weighted by Gasteiger charge is -2.15. The minimum atomic E-state index is -0.175. The van der Waals surface area contributed by atoms with Crippen LogP contribution in [-0.4, -0.2) is 40.9 Å². The Morgan fingerprint density at radius 1 is 1.61 bits per heavy atom. The Morgan fingerprint density at radius 2 is 2.33 bits per heavy atom. The topological polar surface area (TPSA) is 78.1 Å². The molecule has 1 aromatic rings. The van der Waals surface area contributed by atoms with Crippen molar-refractivity contribution in [2.75, 3.05) is 25.5 Å². The second-order valence-electron chi connectivity index (χ2n) is 4.55. The number of nitrogens with zero attached hydrogens (tertiary/aromatic N) is 2. The largest absolute Gasteiger partial charge is 0.361 e. The predicted octanol–water partition coefficient (Wildman–Crippen LogP) is 0.537. The number of anilines is 1. The maximum absolute atomic E-state index is 11.6. The third kappa shape index (κ3) is 3.09. The zero-order chi connectivity index (χ0) is 13.1. The number of carbonyl (C=O) groups excluding carboxylic acids is 1. The molecule has 18 heavy (non-hydrogen) atoms. The van der Waals surface area contributed by atoms with Crippen molar-refractivity contribution in [1.82, 2.24) is 14.9 Å². The van der Waals surface area contributed by atoms with Crippen LogP contribution in [0.1, 0.15) is 31.5 Å². The number of H-pyrrole nitrogens is 1. The Hall–Kier alpha value is -1.85. The number of aromatic nitrogens is 2. The van der Waals surface area contributed by atoms with Gasteiger partial charge in [-0.3, -0.25) is 9.59 Å². The number of aromatic amines is 1. The van der Waals surface area contributed by atoms with E-state index in [0.717, 1.165) is 18.7 Å². The molecular weight excluding hydrogens is 232 g/mol. The van der Waals surface area contributed by atoms with E-state index in [1.54, 1.807) is 11.9 Å². The first-order chi connectivity index (χ1) is 8.60. The van der Waals surface area contributed by atoms with Gasteiger partial charge in [-0.1, -0.05) is 0 Å². The SMILES string of the molecule is CCN(C)C(=O)CNc1cc(=O)[nH]c(C2CC2)n1. The zero-order valence-corrected chi connectivity index (χ0v) is 10.7. The Kier molecular flexibility index (Phi) is 3.64. The van der Waals surface area contributed by atoms with Crippen molar-refractivity contribution in [3.05, 3.63) is 22.2 Å². The molecule has 98 valence electrons. The van der Waals surface area contributed by atoms with Crippen molar-refractivity contribution in [3.63, 3.8) is 0 Å². The molecule has 6 nitrogen and oxygen atoms in total. The van der Waals surface area contributed by atoms with E-state index in [9.17, 15) is 9.59 Å². The highest BCUT2D eigenvalue weighted by Crippen LogP contribution is 2.37. The van der Waals surface area contributed by atoms with E-state index in [-0.39, 0.29) is 18.0 Å². The van der Waals surface area contributed by atoms with Gasteiger partial charge in [0, 0.05) is 25.6 Å². The zero-order valence-electron chi connectivity index (χ0n) is 10.7. The minimum Gasteiger partial charge on any atom is -0.361 e. The van der Waals surface area contributed by atoms with E-state index in [1.807, 2.05) is 6.92 Å². The van der Waals surface area contributed by atoms with Crippen molar-refractivity contribution in [2.24, 2.45) is 0 Å². The van der Waals surface area contributed by atoms with Crippen LogP contribution in [0.25, 0.3) is 0 Å². The first kappa shape index (κ1) is 12.6. The molecule has 0 aromatic carbocycles. The summed E-state index contributed by atoms with van der Waals surface area (Å²) in [7, 11) is 1.74. The molecule has 6 heteroatoms. The third-order valence-electron chi connectivity index (χ3n) is 3.04. The highest BCUT2D eigenvalue weighted by molar-refractivity contribution is 5.80. The van der Waals surface area contributed by atoms with Gasteiger partial charge in [-0.2, -0.15) is 0 Å². The number of nitrogens with one attached hydrogen (secondary N) is 2. The van der Waals surface area contributed by atoms with E-state index < -0.39 is 0 Å². The van der Waals surface area contributed by atoms with Gasteiger partial charge in [0.1, 0.15) is 11.6 Å². The Balaban J connectivity index is 2.00. The number of carbonyl (C=O) groups is 1. The number of likely N-dealkylation sites (N-methyl/N-ethyl adjacent to an activating group) is 1. The van der Waals surface area contributed by atoms with Gasteiger partial charge in [-0.25, -0.2) is 4.98 Å². The van der Waals surface area contributed by atoms with Crippen LogP contribution in [0.5, 0.6) is 0 Å². The molecule has 1 aromatic heterocycles. The van der Waals surface area contributed by atoms with Crippen molar-refractivity contribution < 1.29 is 4.79 Å². The van der Waals surface area contributed by atoms with Crippen LogP contribution >= 0.6 is 0 Å². The molecule has 2 rings (SSSR count). The second-order valence-corrected chi connectivity index (χ2v) is 4.55. The fourth-order valence-electron chi connectivity index (χ4n) is 1.59. The predicted molar refractivity (Wildman–Crippen MR) is 68.6 cm³/mol. The molecule has 0 aliphatic heterocycles. The van der Waals surface area contributed by atoms with Gasteiger partial charge in [-0.05, 0) is 19.8 Å². The average molecular weight is 250 g/mol. The minimum absolute atomic E-state index is 0.0208. The molecule has 1 heterocycles. The van der Waals surface area contributed by atoms with Gasteiger partial charge in [0.05, 0.1) is 6.54 Å². The maximum Gasteiger partial charge on any atom is 0.252 e. The van der Waals surface area contributed by atoms with E-state index in [4.69, 9.17) is 0 Å². The van der Waals surface area contributed by atoms with E-state index >= 15 is 0 Å². The summed E-state index contributed by atoms with van der Waals surface area (Å²) in [5, 5.41) is 2.90. The summed E-state index contributed by atoms with van der Waals surface area (Å²) in [5.74, 6) is 1.56. The molecule has 0 atom stereocenters. The van der Waals surface area contributed by atoms with Crippen LogP contribution in [0.4, 0.5) is 5.82 Å². The summed E-state index contributed by atoms with van der Waals surface area (Å²) in [6, 6.07) is 1.38. The summed E-state index contributed by atoms with van der Waals surface area (Å²) in [6.45, 7) is 2.73. The van der Waals surface area contributed by atoms with Gasteiger partial charge in [-0.15, -0.1) is 0 Å². The molecule has 1 aliphatic rings. The fourth-order valence-corrected chi connectivity index (χ4v) is 1.59. The van der Waals surface area contributed by atoms with Crippen LogP contribution in [0, 0.1) is 0 Å². The molecule has 1 aliphatic carbocycles. The quantitative estimate of drug-likeness (QED) is 0.799. The summed E-state index contributed by atoms with van der Waals surface area (Å²) >= 11 is 0. The summed E-state index contributed by atoms with van der Waals surface area (Å²) in [5.41, 5.74) is -0.175. The molecular formula is C12H18N4O2. The van der Waals surface area contributed by atoms with E-state index in [0.29, 0.717) is 18.3 Å². The standard InChI is InChI=1S/C12H18N4O2/c1-3-16(2)11(18)7-13-9-6-10(17)15-12(14-9)8-4-5-8/h6,8H,3-5,7H2,1-2H3,(H2,13,14,15,17). The molecule has 0 radical (unpaired) electrons. The number of hydrogen-bond acceptors (Lipinski definition) is 4. The lowest BCUT2D eigenvalue weighted by molar-refractivity contribution is -0.127. The first-order valence-electron chi connectivity index (χ1n) is 6.19. The Morgan fingerprint density at radius 3 is 2.94 bits per heavy atom. The van der Waals surface area contributed by atoms with E-state index in [1.165, 1.54) is 6.07 Å². The van der Waals surface area contributed by atoms with Crippen LogP contribution in [0.3, 0.4) is 0 Å². The van der Waals surface area contributed by atoms with Crippen molar-refractivity contribution in [3.8, 4) is 0 Å². The fraction of sp³-hybridized carbons (Fsp3) is 0.583. The molecule has 2 N–H and O–H groups in total. The molecule has 1 fully saturated rings. The monoisotopic (exact) mass is 250 g/mol. The summed E-state index contributed by atoms with van der Waals surface area (Å²) in [6.07, 6.45) is 2.15. The normalized spacial score (nSPS) is 14.3. The van der Waals surface area contributed by atoms with Gasteiger partial charge in [0.25, 0.3) is 5.56 Å². The number of amides is 1. The van der Waals surface area contributed by atoms with Crippen LogP contribution in [-0.2, 0) is 4.79 Å². The van der Waals surface area contributed by atoms with Gasteiger partial charge in [0.2, 0.25) is 5.91 Å². The summed E-state index contributed by atoms with van der Waals surface area (Å²) < 4.78 is 0. The molecule has 1 saturated carbocycles. The maximum atomic E-state index is 11.6. The van der Waals surface area contributed by atoms with Crippen molar-refractivity contribution in [1.29, 1.82) is 0 Å². The smallest absolute Gasteiger partial charge is 0.252 e. The molecule has 0 bridgehead atoms. The lowest BCUT2D eigenvalue weighted by atomic mass is 10.4. The average Bonchev–Trinajstić information content (AvgIpc) is 3.18. The molecule has 0 unspecified atom stereocenters. The Labute approximate surface area is 105 Å². The Bertz CT molecular complexity index is 493. The number of hydrogen-bond donors (Lipinski definition) is 2. The molecule has 1 amide bonds. The van der Waals surface area contributed by atoms with Crippen LogP contribution < -0.4 is 10.9 Å². The van der Waals surface area contributed by atoms with Gasteiger partial charge in [0.15, 0.2) is 0 Å².